The second kappa shape index (κ2) is 6.76. The number of benzene rings is 1. The summed E-state index contributed by atoms with van der Waals surface area (Å²) in [5, 5.41) is 33.3. The van der Waals surface area contributed by atoms with Crippen molar-refractivity contribution < 1.29 is 18.6 Å². The van der Waals surface area contributed by atoms with Crippen LogP contribution in [0.2, 0.25) is 0 Å². The molecule has 2 aromatic heterocycles. The molecule has 2 heterocycles. The molecule has 0 spiro atoms. The maximum absolute atomic E-state index is 12.7. The van der Waals surface area contributed by atoms with Crippen molar-refractivity contribution in [2.75, 3.05) is 5.32 Å². The Kier molecular flexibility index (Phi) is 4.36. The molecule has 1 aromatic carbocycles. The third kappa shape index (κ3) is 3.31. The van der Waals surface area contributed by atoms with Crippen molar-refractivity contribution in [3.63, 3.8) is 0 Å². The van der Waals surface area contributed by atoms with Gasteiger partial charge in [-0.05, 0) is 22.5 Å². The molecule has 10 nitrogen and oxygen atoms in total. The van der Waals surface area contributed by atoms with Crippen LogP contribution in [0.4, 0.5) is 14.5 Å². The Bertz CT molecular complexity index is 833. The van der Waals surface area contributed by atoms with Gasteiger partial charge in [-0.3, -0.25) is 0 Å². The van der Waals surface area contributed by atoms with Crippen molar-refractivity contribution in [3.05, 3.63) is 47.5 Å². The van der Waals surface area contributed by atoms with E-state index in [9.17, 15) is 14.0 Å². The number of nitrogens with zero attached hydrogens (tertiary/aromatic N) is 7. The average Bonchev–Trinajstić information content (AvgIpc) is 3.25. The summed E-state index contributed by atoms with van der Waals surface area (Å²) < 4.78 is 30.1. The number of hydrogen-bond donors (Lipinski definition) is 2. The molecule has 0 aliphatic carbocycles. The monoisotopic (exact) mass is 336 g/mol. The van der Waals surface area contributed by atoms with Crippen molar-refractivity contribution in [3.8, 4) is 0 Å². The van der Waals surface area contributed by atoms with Crippen LogP contribution in [-0.4, -0.2) is 41.6 Å². The van der Waals surface area contributed by atoms with Crippen LogP contribution in [0.1, 0.15) is 23.4 Å². The summed E-state index contributed by atoms with van der Waals surface area (Å²) in [5.41, 5.74) is 0.451. The van der Waals surface area contributed by atoms with Gasteiger partial charge >= 0.3 is 0 Å². The lowest BCUT2D eigenvalue weighted by Crippen LogP contribution is -2.18. The van der Waals surface area contributed by atoms with Crippen LogP contribution in [-0.2, 0) is 6.54 Å². The van der Waals surface area contributed by atoms with E-state index in [2.05, 4.69) is 40.8 Å². The van der Waals surface area contributed by atoms with E-state index in [1.807, 2.05) is 0 Å². The van der Waals surface area contributed by atoms with Crippen molar-refractivity contribution in [2.24, 2.45) is 5.16 Å². The summed E-state index contributed by atoms with van der Waals surface area (Å²) in [7, 11) is 0. The Hall–Kier alpha value is -3.44. The van der Waals surface area contributed by atoms with E-state index in [4.69, 9.17) is 0 Å². The minimum Gasteiger partial charge on any atom is -0.409 e. The standard InChI is InChI=1S/C12H10F2N8O2/c13-11(14)7-2-1-3-8(4-7)17-12(18-23)10-9(19-24-20-10)5-22-16-6-15-21-22/h1-4,6,11,23H,5H2,(H,17,18). The summed E-state index contributed by atoms with van der Waals surface area (Å²) in [4.78, 5) is 1.22. The Morgan fingerprint density at radius 2 is 2.25 bits per heavy atom. The molecule has 0 amide bonds. The number of tetrazole rings is 1. The lowest BCUT2D eigenvalue weighted by Gasteiger charge is -2.08. The van der Waals surface area contributed by atoms with Gasteiger partial charge in [-0.1, -0.05) is 22.4 Å². The van der Waals surface area contributed by atoms with E-state index in [1.54, 1.807) is 0 Å². The van der Waals surface area contributed by atoms with Gasteiger partial charge in [0.1, 0.15) is 12.2 Å². The van der Waals surface area contributed by atoms with Crippen LogP contribution >= 0.6 is 0 Å². The zero-order valence-electron chi connectivity index (χ0n) is 11.9. The van der Waals surface area contributed by atoms with E-state index in [1.165, 1.54) is 35.4 Å². The Morgan fingerprint density at radius 3 is 2.96 bits per heavy atom. The molecule has 0 bridgehead atoms. The van der Waals surface area contributed by atoms with Crippen molar-refractivity contribution in [1.82, 2.24) is 30.5 Å². The van der Waals surface area contributed by atoms with Crippen molar-refractivity contribution >= 4 is 11.5 Å². The number of amidine groups is 1. The summed E-state index contributed by atoms with van der Waals surface area (Å²) in [6.07, 6.45) is -1.38. The van der Waals surface area contributed by atoms with Gasteiger partial charge in [0, 0.05) is 11.3 Å². The molecule has 0 atom stereocenters. The molecule has 0 radical (unpaired) electrons. The molecule has 24 heavy (non-hydrogen) atoms. The van der Waals surface area contributed by atoms with Gasteiger partial charge < -0.3 is 10.5 Å². The van der Waals surface area contributed by atoms with Crippen LogP contribution in [0.25, 0.3) is 0 Å². The van der Waals surface area contributed by atoms with Gasteiger partial charge in [0.05, 0.1) is 0 Å². The van der Waals surface area contributed by atoms with Gasteiger partial charge in [0.15, 0.2) is 12.0 Å². The lowest BCUT2D eigenvalue weighted by atomic mass is 10.2. The van der Waals surface area contributed by atoms with Gasteiger partial charge in [-0.15, -0.1) is 10.2 Å². The van der Waals surface area contributed by atoms with Gasteiger partial charge in [0.25, 0.3) is 6.43 Å². The summed E-state index contributed by atoms with van der Waals surface area (Å²) in [5.74, 6) is -0.127. The molecule has 0 saturated carbocycles. The zero-order chi connectivity index (χ0) is 16.9. The fraction of sp³-hybridized carbons (Fsp3) is 0.167. The molecule has 2 N–H and O–H groups in total. The number of hydrogen-bond acceptors (Lipinski definition) is 8. The fourth-order valence-electron chi connectivity index (χ4n) is 1.91. The highest BCUT2D eigenvalue weighted by atomic mass is 19.3. The van der Waals surface area contributed by atoms with Crippen LogP contribution in [0.3, 0.4) is 0 Å². The predicted octanol–water partition coefficient (Wildman–Crippen LogP) is 1.29. The number of nitrogens with one attached hydrogen (secondary N) is 1. The molecule has 0 aliphatic heterocycles. The van der Waals surface area contributed by atoms with E-state index in [0.29, 0.717) is 0 Å². The molecule has 3 rings (SSSR count). The molecule has 124 valence electrons. The molecule has 0 fully saturated rings. The smallest absolute Gasteiger partial charge is 0.263 e. The first kappa shape index (κ1) is 15.5. The van der Waals surface area contributed by atoms with Crippen molar-refractivity contribution in [1.29, 1.82) is 0 Å². The minimum atomic E-state index is -2.62. The molecule has 0 unspecified atom stereocenters. The summed E-state index contributed by atoms with van der Waals surface area (Å²) >= 11 is 0. The summed E-state index contributed by atoms with van der Waals surface area (Å²) in [6, 6.07) is 5.48. The third-order valence-corrected chi connectivity index (χ3v) is 2.96. The first-order valence-corrected chi connectivity index (χ1v) is 6.57. The van der Waals surface area contributed by atoms with Crippen molar-refractivity contribution in [2.45, 2.75) is 13.0 Å². The van der Waals surface area contributed by atoms with Gasteiger partial charge in [-0.25, -0.2) is 13.4 Å². The number of rotatable bonds is 5. The Balaban J connectivity index is 1.83. The number of aromatic nitrogens is 6. The Labute approximate surface area is 132 Å². The van der Waals surface area contributed by atoms with E-state index >= 15 is 0 Å². The second-order valence-corrected chi connectivity index (χ2v) is 4.53. The molecule has 0 saturated heterocycles. The van der Waals surface area contributed by atoms with Gasteiger partial charge in [0.2, 0.25) is 5.84 Å². The number of oxime groups is 1. The fourth-order valence-corrected chi connectivity index (χ4v) is 1.91. The first-order valence-electron chi connectivity index (χ1n) is 6.57. The van der Waals surface area contributed by atoms with Crippen LogP contribution in [0, 0.1) is 0 Å². The van der Waals surface area contributed by atoms with Gasteiger partial charge in [-0.2, -0.15) is 4.80 Å². The van der Waals surface area contributed by atoms with E-state index in [0.717, 1.165) is 0 Å². The third-order valence-electron chi connectivity index (χ3n) is 2.96. The topological polar surface area (TPSA) is 127 Å². The van der Waals surface area contributed by atoms with E-state index in [-0.39, 0.29) is 35.0 Å². The first-order chi connectivity index (χ1) is 11.7. The molecular formula is C12H10F2N8O2. The normalized spacial score (nSPS) is 11.9. The number of halogens is 2. The molecule has 12 heteroatoms. The Morgan fingerprint density at radius 1 is 1.38 bits per heavy atom. The average molecular weight is 336 g/mol. The highest BCUT2D eigenvalue weighted by molar-refractivity contribution is 6.07. The quantitative estimate of drug-likeness (QED) is 0.309. The van der Waals surface area contributed by atoms with Crippen LogP contribution in [0.15, 0.2) is 40.4 Å². The van der Waals surface area contributed by atoms with E-state index < -0.39 is 6.43 Å². The largest absolute Gasteiger partial charge is 0.409 e. The molecule has 3 aromatic rings. The predicted molar refractivity (Wildman–Crippen MR) is 74.6 cm³/mol. The summed E-state index contributed by atoms with van der Waals surface area (Å²) in [6.45, 7) is 0.0661. The SMILES string of the molecule is O/N=C(/Nc1cccc(C(F)F)c1)c1nonc1Cn1ncnn1. The molecular weight excluding hydrogens is 326 g/mol. The highest BCUT2D eigenvalue weighted by Crippen LogP contribution is 2.22. The lowest BCUT2D eigenvalue weighted by molar-refractivity contribution is 0.151. The highest BCUT2D eigenvalue weighted by Gasteiger charge is 2.19. The zero-order valence-corrected chi connectivity index (χ0v) is 11.9. The van der Waals surface area contributed by atoms with Crippen LogP contribution in [0.5, 0.6) is 0 Å². The maximum Gasteiger partial charge on any atom is 0.263 e. The maximum atomic E-state index is 12.7. The van der Waals surface area contributed by atoms with Crippen LogP contribution < -0.4 is 5.32 Å². The molecule has 0 aliphatic rings. The second-order valence-electron chi connectivity index (χ2n) is 4.53. The number of alkyl halides is 2. The minimum absolute atomic E-state index is 0.0661. The number of anilines is 1.